The average Bonchev–Trinajstić information content (AvgIpc) is 3.31. The molecule has 0 saturated carbocycles. The summed E-state index contributed by atoms with van der Waals surface area (Å²) in [6.07, 6.45) is 0. The number of furan rings is 1. The Labute approximate surface area is 192 Å². The molecule has 168 valence electrons. The number of thioether (sulfide) groups is 1. The van der Waals surface area contributed by atoms with Gasteiger partial charge < -0.3 is 19.4 Å². The summed E-state index contributed by atoms with van der Waals surface area (Å²) < 4.78 is 11.2. The van der Waals surface area contributed by atoms with Crippen molar-refractivity contribution in [2.75, 3.05) is 37.7 Å². The van der Waals surface area contributed by atoms with Crippen LogP contribution in [-0.2, 0) is 10.5 Å². The molecule has 1 aliphatic rings. The SMILES string of the molecule is CC(C)CNC(=O)c1ccc(CSc2nc(-c3ccccc3)cc(N3CCOCC3)n2)o1. The van der Waals surface area contributed by atoms with Gasteiger partial charge in [0, 0.05) is 31.3 Å². The highest BCUT2D eigenvalue weighted by Gasteiger charge is 2.17. The van der Waals surface area contributed by atoms with E-state index in [0.29, 0.717) is 48.1 Å². The van der Waals surface area contributed by atoms with Crippen molar-refractivity contribution in [3.05, 3.63) is 60.1 Å². The van der Waals surface area contributed by atoms with Crippen LogP contribution in [0.4, 0.5) is 5.82 Å². The molecule has 2 aromatic heterocycles. The fraction of sp³-hybridized carbons (Fsp3) is 0.375. The first kappa shape index (κ1) is 22.4. The van der Waals surface area contributed by atoms with E-state index >= 15 is 0 Å². The maximum Gasteiger partial charge on any atom is 0.287 e. The second kappa shape index (κ2) is 10.7. The van der Waals surface area contributed by atoms with Crippen LogP contribution in [0.25, 0.3) is 11.3 Å². The largest absolute Gasteiger partial charge is 0.455 e. The van der Waals surface area contributed by atoms with Gasteiger partial charge in [0.15, 0.2) is 10.9 Å². The van der Waals surface area contributed by atoms with Gasteiger partial charge in [-0.05, 0) is 18.1 Å². The summed E-state index contributed by atoms with van der Waals surface area (Å²) >= 11 is 1.50. The van der Waals surface area contributed by atoms with Crippen LogP contribution >= 0.6 is 11.8 Å². The Morgan fingerprint density at radius 1 is 1.12 bits per heavy atom. The number of amides is 1. The summed E-state index contributed by atoms with van der Waals surface area (Å²) in [6.45, 7) is 7.74. The van der Waals surface area contributed by atoms with E-state index < -0.39 is 0 Å². The molecule has 0 unspecified atom stereocenters. The topological polar surface area (TPSA) is 80.5 Å². The lowest BCUT2D eigenvalue weighted by molar-refractivity contribution is 0.0920. The molecule has 0 aliphatic carbocycles. The fourth-order valence-corrected chi connectivity index (χ4v) is 4.03. The van der Waals surface area contributed by atoms with Crippen molar-refractivity contribution in [2.45, 2.75) is 24.8 Å². The van der Waals surface area contributed by atoms with Crippen LogP contribution in [0.5, 0.6) is 0 Å². The zero-order chi connectivity index (χ0) is 22.3. The first-order valence-corrected chi connectivity index (χ1v) is 11.8. The number of anilines is 1. The molecule has 3 aromatic rings. The van der Waals surface area contributed by atoms with E-state index in [0.717, 1.165) is 30.2 Å². The smallest absolute Gasteiger partial charge is 0.287 e. The van der Waals surface area contributed by atoms with Gasteiger partial charge in [0.05, 0.1) is 24.7 Å². The first-order chi connectivity index (χ1) is 15.6. The normalized spacial score (nSPS) is 14.0. The Bertz CT molecular complexity index is 1030. The number of hydrogen-bond acceptors (Lipinski definition) is 7. The van der Waals surface area contributed by atoms with Gasteiger partial charge in [-0.15, -0.1) is 0 Å². The third kappa shape index (κ3) is 5.89. The average molecular weight is 453 g/mol. The number of carbonyl (C=O) groups excluding carboxylic acids is 1. The third-order valence-corrected chi connectivity index (χ3v) is 5.87. The van der Waals surface area contributed by atoms with E-state index in [1.54, 1.807) is 6.07 Å². The highest BCUT2D eigenvalue weighted by atomic mass is 32.2. The van der Waals surface area contributed by atoms with Crippen LogP contribution in [0.1, 0.15) is 30.2 Å². The van der Waals surface area contributed by atoms with Crippen molar-refractivity contribution in [3.63, 3.8) is 0 Å². The van der Waals surface area contributed by atoms with Crippen LogP contribution in [0.15, 0.2) is 58.1 Å². The maximum atomic E-state index is 12.2. The number of nitrogens with zero attached hydrogens (tertiary/aromatic N) is 3. The second-order valence-electron chi connectivity index (χ2n) is 8.02. The van der Waals surface area contributed by atoms with E-state index in [1.165, 1.54) is 11.8 Å². The van der Waals surface area contributed by atoms with E-state index in [9.17, 15) is 4.79 Å². The molecule has 1 aromatic carbocycles. The summed E-state index contributed by atoms with van der Waals surface area (Å²) in [5, 5.41) is 3.55. The molecule has 3 heterocycles. The molecule has 0 radical (unpaired) electrons. The van der Waals surface area contributed by atoms with Crippen LogP contribution in [0, 0.1) is 5.92 Å². The van der Waals surface area contributed by atoms with E-state index in [4.69, 9.17) is 19.1 Å². The Morgan fingerprint density at radius 2 is 1.91 bits per heavy atom. The van der Waals surface area contributed by atoms with Gasteiger partial charge in [0.1, 0.15) is 11.6 Å². The summed E-state index contributed by atoms with van der Waals surface area (Å²) in [6, 6.07) is 15.7. The molecule has 0 spiro atoms. The predicted molar refractivity (Wildman–Crippen MR) is 126 cm³/mol. The number of nitrogens with one attached hydrogen (secondary N) is 1. The van der Waals surface area contributed by atoms with E-state index in [1.807, 2.05) is 30.3 Å². The van der Waals surface area contributed by atoms with E-state index in [-0.39, 0.29) is 5.91 Å². The lowest BCUT2D eigenvalue weighted by Crippen LogP contribution is -2.36. The summed E-state index contributed by atoms with van der Waals surface area (Å²) in [7, 11) is 0. The lowest BCUT2D eigenvalue weighted by atomic mass is 10.1. The van der Waals surface area contributed by atoms with Gasteiger partial charge in [-0.2, -0.15) is 0 Å². The highest BCUT2D eigenvalue weighted by Crippen LogP contribution is 2.28. The molecule has 0 atom stereocenters. The summed E-state index contributed by atoms with van der Waals surface area (Å²) in [5.74, 6) is 2.68. The number of benzene rings is 1. The molecular formula is C24H28N4O3S. The van der Waals surface area contributed by atoms with Gasteiger partial charge in [-0.25, -0.2) is 9.97 Å². The molecular weight excluding hydrogens is 424 g/mol. The molecule has 1 fully saturated rings. The standard InChI is InChI=1S/C24H28N4O3S/c1-17(2)15-25-23(29)21-9-8-19(31-21)16-32-24-26-20(18-6-4-3-5-7-18)14-22(27-24)28-10-12-30-13-11-28/h3-9,14,17H,10-13,15-16H2,1-2H3,(H,25,29). The fourth-order valence-electron chi connectivity index (χ4n) is 3.29. The van der Waals surface area contributed by atoms with Gasteiger partial charge in [0.2, 0.25) is 0 Å². The number of aromatic nitrogens is 2. The molecule has 7 nitrogen and oxygen atoms in total. The third-order valence-electron chi connectivity index (χ3n) is 5.00. The van der Waals surface area contributed by atoms with Crippen molar-refractivity contribution in [1.82, 2.24) is 15.3 Å². The van der Waals surface area contributed by atoms with Crippen molar-refractivity contribution in [2.24, 2.45) is 5.92 Å². The number of carbonyl (C=O) groups is 1. The number of morpholine rings is 1. The molecule has 32 heavy (non-hydrogen) atoms. The van der Waals surface area contributed by atoms with Gasteiger partial charge in [-0.3, -0.25) is 4.79 Å². The molecule has 0 bridgehead atoms. The van der Waals surface area contributed by atoms with Gasteiger partial charge in [0.25, 0.3) is 5.91 Å². The zero-order valence-corrected chi connectivity index (χ0v) is 19.2. The molecule has 1 amide bonds. The minimum absolute atomic E-state index is 0.188. The Kier molecular flexibility index (Phi) is 7.44. The first-order valence-electron chi connectivity index (χ1n) is 10.9. The minimum atomic E-state index is -0.188. The van der Waals surface area contributed by atoms with Crippen molar-refractivity contribution >= 4 is 23.5 Å². The lowest BCUT2D eigenvalue weighted by Gasteiger charge is -2.28. The van der Waals surface area contributed by atoms with Crippen molar-refractivity contribution in [3.8, 4) is 11.3 Å². The van der Waals surface area contributed by atoms with Crippen LogP contribution in [-0.4, -0.2) is 48.7 Å². The predicted octanol–water partition coefficient (Wildman–Crippen LogP) is 4.25. The summed E-state index contributed by atoms with van der Waals surface area (Å²) in [5.41, 5.74) is 1.94. The second-order valence-corrected chi connectivity index (χ2v) is 8.96. The van der Waals surface area contributed by atoms with Crippen molar-refractivity contribution < 1.29 is 13.9 Å². The van der Waals surface area contributed by atoms with Crippen LogP contribution < -0.4 is 10.2 Å². The Morgan fingerprint density at radius 3 is 2.66 bits per heavy atom. The minimum Gasteiger partial charge on any atom is -0.455 e. The number of hydrogen-bond donors (Lipinski definition) is 1. The molecule has 1 aliphatic heterocycles. The Hall–Kier alpha value is -2.84. The van der Waals surface area contributed by atoms with Gasteiger partial charge >= 0.3 is 0 Å². The monoisotopic (exact) mass is 452 g/mol. The molecule has 4 rings (SSSR count). The number of ether oxygens (including phenoxy) is 1. The summed E-state index contributed by atoms with van der Waals surface area (Å²) in [4.78, 5) is 24.0. The zero-order valence-electron chi connectivity index (χ0n) is 18.4. The molecule has 1 N–H and O–H groups in total. The Balaban J connectivity index is 1.50. The molecule has 1 saturated heterocycles. The van der Waals surface area contributed by atoms with Crippen LogP contribution in [0.2, 0.25) is 0 Å². The molecule has 8 heteroatoms. The van der Waals surface area contributed by atoms with E-state index in [2.05, 4.69) is 36.2 Å². The quantitative estimate of drug-likeness (QED) is 0.404. The number of rotatable bonds is 8. The van der Waals surface area contributed by atoms with Crippen LogP contribution in [0.3, 0.4) is 0 Å². The van der Waals surface area contributed by atoms with Gasteiger partial charge in [-0.1, -0.05) is 55.9 Å². The van der Waals surface area contributed by atoms with Crippen molar-refractivity contribution in [1.29, 1.82) is 0 Å². The maximum absolute atomic E-state index is 12.2. The highest BCUT2D eigenvalue weighted by molar-refractivity contribution is 7.98.